The number of rotatable bonds is 16. The molecule has 2 aliphatic heterocycles. The fourth-order valence-corrected chi connectivity index (χ4v) is 13.1. The molecule has 76 heavy (non-hydrogen) atoms. The number of nitro groups is 1. The van der Waals surface area contributed by atoms with Gasteiger partial charge in [-0.15, -0.1) is 0 Å². The minimum absolute atomic E-state index is 0.0306. The van der Waals surface area contributed by atoms with Crippen LogP contribution in [0.25, 0.3) is 11.0 Å². The third-order valence-corrected chi connectivity index (χ3v) is 18.0. The van der Waals surface area contributed by atoms with E-state index in [4.69, 9.17) is 9.47 Å². The SMILES string of the molecule is COc1ccc(CN2CCN(C3CC4(CCN(c5ccc(C(=O)NS(=O)(=O)c6ccc(NC[C@H]7CC[C@](C)(O)CC7)c([N+](=O)[O-])c6)c(Oc6cc7c(F)c[nH]c7nc6C)c5)CC4)C3)C(c3ccccc3C(C)C)C2)cc1. The average Bonchev–Trinajstić information content (AvgIpc) is 3.81. The minimum Gasteiger partial charge on any atom is -0.497 e. The molecule has 1 spiro atoms. The highest BCUT2D eigenvalue weighted by Gasteiger charge is 2.50. The predicted molar refractivity (Wildman–Crippen MR) is 291 cm³/mol. The Hall–Kier alpha value is -6.60. The van der Waals surface area contributed by atoms with E-state index in [1.165, 1.54) is 47.2 Å². The number of aryl methyl sites for hydroxylation is 1. The molecule has 4 aliphatic rings. The monoisotopic (exact) mass is 1060 g/mol. The van der Waals surface area contributed by atoms with Crippen molar-refractivity contribution in [1.82, 2.24) is 24.5 Å². The number of ether oxygens (including phenoxy) is 2. The number of benzene rings is 4. The topological polar surface area (TPSA) is 196 Å². The number of fused-ring (bicyclic) bond motifs is 1. The predicted octanol–water partition coefficient (Wildman–Crippen LogP) is 10.6. The van der Waals surface area contributed by atoms with Crippen LogP contribution in [0.3, 0.4) is 0 Å². The number of aromatic nitrogens is 2. The zero-order valence-electron chi connectivity index (χ0n) is 44.0. The maximum atomic E-state index is 14.9. The van der Waals surface area contributed by atoms with Crippen LogP contribution in [0.1, 0.15) is 117 Å². The first-order valence-corrected chi connectivity index (χ1v) is 28.1. The van der Waals surface area contributed by atoms with Crippen LogP contribution in [0.4, 0.5) is 21.5 Å². The van der Waals surface area contributed by atoms with Crippen LogP contribution >= 0.6 is 0 Å². The largest absolute Gasteiger partial charge is 0.497 e. The number of carbonyl (C=O) groups is 1. The van der Waals surface area contributed by atoms with E-state index in [1.54, 1.807) is 33.1 Å². The summed E-state index contributed by atoms with van der Waals surface area (Å²) in [5.74, 6) is 0.0843. The number of hydrogen-bond acceptors (Lipinski definition) is 13. The van der Waals surface area contributed by atoms with Crippen LogP contribution in [0.5, 0.6) is 17.2 Å². The molecular formula is C58H69FN8O8S. The molecule has 0 bridgehead atoms. The van der Waals surface area contributed by atoms with Gasteiger partial charge in [-0.3, -0.25) is 24.7 Å². The van der Waals surface area contributed by atoms with Crippen LogP contribution in [-0.2, 0) is 16.6 Å². The van der Waals surface area contributed by atoms with E-state index < -0.39 is 42.9 Å². The highest BCUT2D eigenvalue weighted by molar-refractivity contribution is 7.90. The van der Waals surface area contributed by atoms with E-state index in [2.05, 4.69) is 85.0 Å². The zero-order chi connectivity index (χ0) is 53.5. The molecule has 1 atom stereocenters. The summed E-state index contributed by atoms with van der Waals surface area (Å²) in [5, 5.41) is 25.9. The summed E-state index contributed by atoms with van der Waals surface area (Å²) in [6.45, 7) is 13.8. The van der Waals surface area contributed by atoms with Crippen LogP contribution < -0.4 is 24.4 Å². The third kappa shape index (κ3) is 11.3. The second-order valence-electron chi connectivity index (χ2n) is 22.2. The summed E-state index contributed by atoms with van der Waals surface area (Å²) in [6, 6.07) is 28.0. The van der Waals surface area contributed by atoms with Crippen molar-refractivity contribution < 1.29 is 37.1 Å². The van der Waals surface area contributed by atoms with Gasteiger partial charge >= 0.3 is 0 Å². The first kappa shape index (κ1) is 52.8. The molecule has 16 nitrogen and oxygen atoms in total. The summed E-state index contributed by atoms with van der Waals surface area (Å²) < 4.78 is 56.6. The van der Waals surface area contributed by atoms with Gasteiger partial charge in [0.15, 0.2) is 0 Å². The number of nitrogens with zero attached hydrogens (tertiary/aromatic N) is 5. The molecule has 402 valence electrons. The number of nitro benzene ring substituents is 1. The molecule has 2 saturated heterocycles. The number of amides is 1. The van der Waals surface area contributed by atoms with Gasteiger partial charge in [-0.25, -0.2) is 22.5 Å². The maximum absolute atomic E-state index is 14.9. The van der Waals surface area contributed by atoms with Crippen molar-refractivity contribution in [2.45, 2.75) is 114 Å². The Morgan fingerprint density at radius 2 is 1.70 bits per heavy atom. The summed E-state index contributed by atoms with van der Waals surface area (Å²) in [5.41, 5.74) is 4.62. The molecule has 2 saturated carbocycles. The van der Waals surface area contributed by atoms with Gasteiger partial charge in [-0.2, -0.15) is 0 Å². The first-order chi connectivity index (χ1) is 36.4. The summed E-state index contributed by atoms with van der Waals surface area (Å²) in [6.07, 6.45) is 8.09. The van der Waals surface area contributed by atoms with E-state index in [0.29, 0.717) is 42.7 Å². The van der Waals surface area contributed by atoms with Crippen LogP contribution in [0, 0.1) is 34.2 Å². The standard InChI is InChI=1S/C58H69FN8O8S/c1-37(2)45-8-6-7-9-46(45)52-36-64(35-40-10-13-43(74-5)14-11-40)26-27-66(52)42-31-58(32-42)22-24-65(25-23-58)41-12-16-47(54(28-41)75-53-30-48-49(59)34-61-55(48)62-38(53)3)56(68)63-76(72,73)44-15-17-50(51(29-44)67(70)71)60-33-39-18-20-57(4,69)21-19-39/h6-17,28-30,34,37,39,42,52,60,69H,18-27,31-33,35-36H2,1-5H3,(H,61,62)(H,63,68)/t39-,52?,57-. The molecule has 1 amide bonds. The average molecular weight is 1060 g/mol. The van der Waals surface area contributed by atoms with Crippen molar-refractivity contribution in [2.75, 3.05) is 56.6 Å². The molecular weight excluding hydrogens is 988 g/mol. The summed E-state index contributed by atoms with van der Waals surface area (Å²) in [4.78, 5) is 40.2. The Bertz CT molecular complexity index is 3210. The number of piperidine rings is 1. The quantitative estimate of drug-likeness (QED) is 0.0529. The van der Waals surface area contributed by atoms with Crippen molar-refractivity contribution in [1.29, 1.82) is 0 Å². The molecule has 1 unspecified atom stereocenters. The van der Waals surface area contributed by atoms with Gasteiger partial charge in [0.1, 0.15) is 34.4 Å². The Labute approximate surface area is 444 Å². The lowest BCUT2D eigenvalue weighted by Crippen LogP contribution is -2.60. The van der Waals surface area contributed by atoms with Crippen molar-refractivity contribution in [3.05, 3.63) is 141 Å². The molecule has 2 aliphatic carbocycles. The van der Waals surface area contributed by atoms with Crippen LogP contribution in [-0.4, -0.2) is 102 Å². The Kier molecular flexibility index (Phi) is 14.9. The number of methoxy groups -OCH3 is 1. The molecule has 6 aromatic rings. The third-order valence-electron chi connectivity index (χ3n) is 16.7. The van der Waals surface area contributed by atoms with E-state index in [0.717, 1.165) is 95.3 Å². The molecule has 0 radical (unpaired) electrons. The highest BCUT2D eigenvalue weighted by Crippen LogP contribution is 2.53. The summed E-state index contributed by atoms with van der Waals surface area (Å²) >= 11 is 0. The van der Waals surface area contributed by atoms with Gasteiger partial charge in [0.2, 0.25) is 0 Å². The summed E-state index contributed by atoms with van der Waals surface area (Å²) in [7, 11) is -2.96. The zero-order valence-corrected chi connectivity index (χ0v) is 44.8. The van der Waals surface area contributed by atoms with Gasteiger partial charge < -0.3 is 29.8 Å². The Morgan fingerprint density at radius 1 is 0.961 bits per heavy atom. The van der Waals surface area contributed by atoms with Crippen molar-refractivity contribution in [3.8, 4) is 17.2 Å². The van der Waals surface area contributed by atoms with Gasteiger partial charge in [0, 0.05) is 81.9 Å². The second-order valence-corrected chi connectivity index (χ2v) is 23.9. The number of aliphatic hydroxyl groups is 1. The van der Waals surface area contributed by atoms with E-state index in [9.17, 15) is 32.8 Å². The van der Waals surface area contributed by atoms with Gasteiger partial charge in [0.05, 0.1) is 39.2 Å². The number of sulfonamides is 1. The van der Waals surface area contributed by atoms with Crippen molar-refractivity contribution >= 4 is 44.0 Å². The lowest BCUT2D eigenvalue weighted by atomic mass is 9.59. The molecule has 4 aromatic carbocycles. The number of pyridine rings is 1. The van der Waals surface area contributed by atoms with Gasteiger partial charge in [-0.05, 0) is 142 Å². The molecule has 2 aromatic heterocycles. The number of nitrogens with one attached hydrogen (secondary N) is 3. The smallest absolute Gasteiger partial charge is 0.293 e. The number of piperazine rings is 1. The number of halogens is 1. The van der Waals surface area contributed by atoms with Crippen LogP contribution in [0.15, 0.2) is 102 Å². The van der Waals surface area contributed by atoms with E-state index in [-0.39, 0.29) is 45.5 Å². The molecule has 18 heteroatoms. The fourth-order valence-electron chi connectivity index (χ4n) is 12.1. The highest BCUT2D eigenvalue weighted by atomic mass is 32.2. The number of hydrogen-bond donors (Lipinski definition) is 4. The van der Waals surface area contributed by atoms with Gasteiger partial charge in [0.25, 0.3) is 21.6 Å². The molecule has 4 heterocycles. The number of anilines is 2. The maximum Gasteiger partial charge on any atom is 0.293 e. The van der Waals surface area contributed by atoms with Crippen LogP contribution in [0.2, 0.25) is 0 Å². The van der Waals surface area contributed by atoms with Crippen molar-refractivity contribution in [3.63, 3.8) is 0 Å². The van der Waals surface area contributed by atoms with E-state index in [1.807, 2.05) is 12.1 Å². The second kappa shape index (κ2) is 21.4. The molecule has 4 N–H and O–H groups in total. The first-order valence-electron chi connectivity index (χ1n) is 26.6. The van der Waals surface area contributed by atoms with Crippen molar-refractivity contribution in [2.24, 2.45) is 11.3 Å². The lowest BCUT2D eigenvalue weighted by Gasteiger charge is -2.58. The molecule has 10 rings (SSSR count). The number of aromatic amines is 1. The Balaban J connectivity index is 0.847. The number of H-pyrrole nitrogens is 1. The van der Waals surface area contributed by atoms with Gasteiger partial charge in [-0.1, -0.05) is 50.2 Å². The Morgan fingerprint density at radius 3 is 2.41 bits per heavy atom. The van der Waals surface area contributed by atoms with E-state index >= 15 is 0 Å². The minimum atomic E-state index is -4.65. The lowest BCUT2D eigenvalue weighted by molar-refractivity contribution is -0.384. The fraction of sp³-hybridized carbons (Fsp3) is 0.448. The number of carbonyl (C=O) groups excluding carboxylic acids is 1. The normalized spacial score (nSPS) is 21.4. The molecule has 4 fully saturated rings.